The molecule has 0 aromatic carbocycles. The number of pyridine rings is 1. The van der Waals surface area contributed by atoms with E-state index in [-0.39, 0.29) is 19.8 Å². The van der Waals surface area contributed by atoms with E-state index in [2.05, 4.69) is 6.92 Å². The highest BCUT2D eigenvalue weighted by Gasteiger charge is 2.28. The first kappa shape index (κ1) is 37.7. The molecule has 1 aliphatic heterocycles. The molecule has 1 aliphatic rings. The maximum absolute atomic E-state index is 12.5. The number of nitrogens with zero attached hydrogens (tertiary/aromatic N) is 2. The number of aromatic nitrogens is 1. The Balaban J connectivity index is 1.53. The molecule has 9 nitrogen and oxygen atoms in total. The van der Waals surface area contributed by atoms with Crippen molar-refractivity contribution in [1.29, 1.82) is 0 Å². The summed E-state index contributed by atoms with van der Waals surface area (Å²) < 4.78 is 35.9. The van der Waals surface area contributed by atoms with Crippen molar-refractivity contribution >= 4 is 13.9 Å². The summed E-state index contributed by atoms with van der Waals surface area (Å²) in [6, 6.07) is 5.63. The van der Waals surface area contributed by atoms with Crippen LogP contribution < -0.4 is 4.57 Å². The van der Waals surface area contributed by atoms with E-state index in [1.165, 1.54) is 89.9 Å². The molecule has 2 unspecified atom stereocenters. The Labute approximate surface area is 261 Å². The lowest BCUT2D eigenvalue weighted by atomic mass is 10.0. The Kier molecular flexibility index (Phi) is 21.7. The first-order valence-corrected chi connectivity index (χ1v) is 18.6. The first-order valence-electron chi connectivity index (χ1n) is 17.1. The Bertz CT molecular complexity index is 855. The molecular weight excluding hydrogens is 567 g/mol. The number of hydrogen-bond acceptors (Lipinski definition) is 6. The van der Waals surface area contributed by atoms with Crippen molar-refractivity contribution in [3.8, 4) is 0 Å². The van der Waals surface area contributed by atoms with Crippen molar-refractivity contribution in [1.82, 2.24) is 4.90 Å². The van der Waals surface area contributed by atoms with Crippen molar-refractivity contribution in [3.05, 3.63) is 30.6 Å². The van der Waals surface area contributed by atoms with Crippen LogP contribution in [0.25, 0.3) is 0 Å². The Morgan fingerprint density at radius 3 is 1.86 bits per heavy atom. The second-order valence-corrected chi connectivity index (χ2v) is 13.2. The van der Waals surface area contributed by atoms with Gasteiger partial charge in [-0.3, -0.25) is 9.05 Å². The third-order valence-corrected chi connectivity index (χ3v) is 8.87. The molecule has 0 bridgehead atoms. The molecule has 1 amide bonds. The molecule has 1 aromatic rings. The van der Waals surface area contributed by atoms with Gasteiger partial charge in [0.25, 0.3) is 0 Å². The van der Waals surface area contributed by atoms with E-state index in [4.69, 9.17) is 18.5 Å². The maximum atomic E-state index is 12.5. The van der Waals surface area contributed by atoms with Crippen LogP contribution in [0.2, 0.25) is 0 Å². The molecule has 0 saturated carbocycles. The molecule has 0 aliphatic carbocycles. The molecule has 2 heterocycles. The summed E-state index contributed by atoms with van der Waals surface area (Å²) in [6.07, 6.45) is 25.4. The van der Waals surface area contributed by atoms with E-state index < -0.39 is 20.0 Å². The summed E-state index contributed by atoms with van der Waals surface area (Å²) >= 11 is 0. The molecule has 1 saturated heterocycles. The van der Waals surface area contributed by atoms with Crippen molar-refractivity contribution in [2.45, 2.75) is 135 Å². The average Bonchev–Trinajstić information content (AvgIpc) is 3.55. The SMILES string of the molecule is CCCCCCCCCCCCCCCCCCOCC(COP(=O)(O)OCC[n+]1ccccc1)OC(=O)N1CCCC1. The zero-order valence-corrected chi connectivity index (χ0v) is 27.8. The summed E-state index contributed by atoms with van der Waals surface area (Å²) in [5, 5.41) is 0. The van der Waals surface area contributed by atoms with Crippen molar-refractivity contribution < 1.29 is 37.3 Å². The van der Waals surface area contributed by atoms with Gasteiger partial charge in [0.05, 0.1) is 13.2 Å². The summed E-state index contributed by atoms with van der Waals surface area (Å²) in [6.45, 7) is 4.39. The van der Waals surface area contributed by atoms with Crippen LogP contribution in [0.4, 0.5) is 4.79 Å². The number of hydrogen-bond donors (Lipinski definition) is 1. The highest BCUT2D eigenvalue weighted by atomic mass is 31.2. The minimum Gasteiger partial charge on any atom is -0.441 e. The zero-order chi connectivity index (χ0) is 30.9. The maximum Gasteiger partial charge on any atom is 0.472 e. The van der Waals surface area contributed by atoms with Gasteiger partial charge in [0.15, 0.2) is 25.0 Å². The third-order valence-electron chi connectivity index (χ3n) is 7.88. The van der Waals surface area contributed by atoms with Gasteiger partial charge in [0, 0.05) is 31.8 Å². The molecular formula is C33H60N2O7P+. The second-order valence-electron chi connectivity index (χ2n) is 11.8. The van der Waals surface area contributed by atoms with E-state index in [1.54, 1.807) is 4.90 Å². The molecule has 1 fully saturated rings. The first-order chi connectivity index (χ1) is 21.0. The van der Waals surface area contributed by atoms with Crippen LogP contribution in [-0.2, 0) is 29.6 Å². The average molecular weight is 628 g/mol. The Hall–Kier alpha value is -1.51. The number of unbranched alkanes of at least 4 members (excludes halogenated alkanes) is 15. The molecule has 1 aromatic heterocycles. The minimum absolute atomic E-state index is 0.0104. The summed E-state index contributed by atoms with van der Waals surface area (Å²) in [5.74, 6) is 0. The summed E-state index contributed by atoms with van der Waals surface area (Å²) in [5.41, 5.74) is 0. The van der Waals surface area contributed by atoms with Crippen LogP contribution in [-0.4, -0.2) is 61.5 Å². The van der Waals surface area contributed by atoms with Gasteiger partial charge in [-0.25, -0.2) is 13.9 Å². The summed E-state index contributed by atoms with van der Waals surface area (Å²) in [7, 11) is -4.30. The number of carbonyl (C=O) groups is 1. The molecule has 10 heteroatoms. The molecule has 2 atom stereocenters. The molecule has 2 rings (SSSR count). The van der Waals surface area contributed by atoms with Gasteiger partial charge in [0.2, 0.25) is 0 Å². The number of likely N-dealkylation sites (tertiary alicyclic amines) is 1. The lowest BCUT2D eigenvalue weighted by Gasteiger charge is -2.23. The van der Waals surface area contributed by atoms with E-state index >= 15 is 0 Å². The predicted molar refractivity (Wildman–Crippen MR) is 170 cm³/mol. The van der Waals surface area contributed by atoms with E-state index in [9.17, 15) is 14.3 Å². The van der Waals surface area contributed by atoms with Crippen LogP contribution in [0.1, 0.15) is 122 Å². The topological polar surface area (TPSA) is 98.4 Å². The quantitative estimate of drug-likeness (QED) is 0.0600. The molecule has 1 N–H and O–H groups in total. The van der Waals surface area contributed by atoms with Gasteiger partial charge in [-0.2, -0.15) is 0 Å². The van der Waals surface area contributed by atoms with Crippen LogP contribution in [0.5, 0.6) is 0 Å². The number of ether oxygens (including phenoxy) is 2. The second kappa shape index (κ2) is 24.8. The largest absolute Gasteiger partial charge is 0.472 e. The molecule has 0 radical (unpaired) electrons. The fourth-order valence-electron chi connectivity index (χ4n) is 5.26. The van der Waals surface area contributed by atoms with Crippen molar-refractivity contribution in [3.63, 3.8) is 0 Å². The van der Waals surface area contributed by atoms with Gasteiger partial charge >= 0.3 is 13.9 Å². The fourth-order valence-corrected chi connectivity index (χ4v) is 6.00. The van der Waals surface area contributed by atoms with Crippen LogP contribution in [0.3, 0.4) is 0 Å². The lowest BCUT2D eigenvalue weighted by Crippen LogP contribution is -2.36. The number of phosphoric acid groups is 1. The Morgan fingerprint density at radius 2 is 1.30 bits per heavy atom. The van der Waals surface area contributed by atoms with Gasteiger partial charge in [-0.15, -0.1) is 0 Å². The molecule has 43 heavy (non-hydrogen) atoms. The smallest absolute Gasteiger partial charge is 0.441 e. The number of phosphoric ester groups is 1. The lowest BCUT2D eigenvalue weighted by molar-refractivity contribution is -0.697. The highest BCUT2D eigenvalue weighted by Crippen LogP contribution is 2.43. The Morgan fingerprint density at radius 1 is 0.767 bits per heavy atom. The number of rotatable bonds is 27. The highest BCUT2D eigenvalue weighted by molar-refractivity contribution is 7.47. The monoisotopic (exact) mass is 627 g/mol. The minimum atomic E-state index is -4.30. The number of amides is 1. The van der Waals surface area contributed by atoms with Gasteiger partial charge in [-0.1, -0.05) is 109 Å². The third kappa shape index (κ3) is 20.2. The fraction of sp³-hybridized carbons (Fsp3) is 0.818. The van der Waals surface area contributed by atoms with Crippen molar-refractivity contribution in [2.75, 3.05) is 39.5 Å². The molecule has 248 valence electrons. The normalized spacial score (nSPS) is 15.4. The van der Waals surface area contributed by atoms with Crippen molar-refractivity contribution in [2.24, 2.45) is 0 Å². The van der Waals surface area contributed by atoms with E-state index in [0.717, 1.165) is 25.7 Å². The van der Waals surface area contributed by atoms with E-state index in [0.29, 0.717) is 26.2 Å². The summed E-state index contributed by atoms with van der Waals surface area (Å²) in [4.78, 5) is 24.3. The van der Waals surface area contributed by atoms with Crippen LogP contribution in [0, 0.1) is 0 Å². The predicted octanol–water partition coefficient (Wildman–Crippen LogP) is 7.99. The van der Waals surface area contributed by atoms with Gasteiger partial charge in [0.1, 0.15) is 6.61 Å². The standard InChI is InChI=1S/C33H59N2O7P/c1-2-3-4-5-6-7-8-9-10-11-12-13-14-15-16-22-28-39-30-32(42-33(36)35-25-20-21-26-35)31-41-43(37,38)40-29-27-34-23-18-17-19-24-34/h17-19,23-24,32H,2-16,20-22,25-31H2,1H3/p+1. The zero-order valence-electron chi connectivity index (χ0n) is 26.9. The number of carbonyl (C=O) groups excluding carboxylic acids is 1. The van der Waals surface area contributed by atoms with Crippen LogP contribution in [0.15, 0.2) is 30.6 Å². The van der Waals surface area contributed by atoms with Gasteiger partial charge in [-0.05, 0) is 19.3 Å². The van der Waals surface area contributed by atoms with E-state index in [1.807, 2.05) is 35.2 Å². The van der Waals surface area contributed by atoms with Gasteiger partial charge < -0.3 is 19.3 Å². The molecule has 0 spiro atoms. The van der Waals surface area contributed by atoms with Crippen LogP contribution >= 0.6 is 7.82 Å².